The van der Waals surface area contributed by atoms with Gasteiger partial charge in [0, 0.05) is 6.42 Å². The van der Waals surface area contributed by atoms with Crippen molar-refractivity contribution in [2.75, 3.05) is 0 Å². The summed E-state index contributed by atoms with van der Waals surface area (Å²) in [6.45, 7) is 2.17. The summed E-state index contributed by atoms with van der Waals surface area (Å²) in [6.07, 6.45) is 14.4. The van der Waals surface area contributed by atoms with Crippen molar-refractivity contribution in [1.29, 1.82) is 0 Å². The van der Waals surface area contributed by atoms with Gasteiger partial charge in [0.1, 0.15) is 6.29 Å². The lowest BCUT2D eigenvalue weighted by Crippen LogP contribution is -1.70. The van der Waals surface area contributed by atoms with Crippen molar-refractivity contribution in [3.63, 3.8) is 0 Å². The van der Waals surface area contributed by atoms with E-state index in [-0.39, 0.29) is 0 Å². The Hall–Kier alpha value is -0.850. The van der Waals surface area contributed by atoms with E-state index in [1.54, 1.807) is 0 Å². The van der Waals surface area contributed by atoms with Gasteiger partial charge in [-0.2, -0.15) is 0 Å². The van der Waals surface area contributed by atoms with Crippen molar-refractivity contribution in [3.05, 3.63) is 24.3 Å². The van der Waals surface area contributed by atoms with Crippen molar-refractivity contribution in [2.24, 2.45) is 0 Å². The molecule has 0 aliphatic carbocycles. The molecule has 0 unspecified atom stereocenters. The van der Waals surface area contributed by atoms with Crippen LogP contribution in [-0.4, -0.2) is 6.29 Å². The number of carbonyl (C=O) groups is 1. The highest BCUT2D eigenvalue weighted by Gasteiger charge is 1.76. The Bertz CT molecular complexity index is 145. The maximum Gasteiger partial charge on any atom is 0.120 e. The third-order valence-corrected chi connectivity index (χ3v) is 1.51. The number of aldehydes is 1. The first-order valence-electron chi connectivity index (χ1n) is 4.65. The van der Waals surface area contributed by atoms with Crippen LogP contribution >= 0.6 is 0 Å². The molecule has 0 saturated carbocycles. The quantitative estimate of drug-likeness (QED) is 0.322. The molecular weight excluding hydrogens is 148 g/mol. The fourth-order valence-electron chi connectivity index (χ4n) is 0.838. The first-order chi connectivity index (χ1) is 5.91. The molecule has 0 heterocycles. The van der Waals surface area contributed by atoms with Gasteiger partial charge in [-0.3, -0.25) is 0 Å². The molecule has 0 aromatic rings. The molecule has 68 valence electrons. The molecule has 0 aliphatic rings. The van der Waals surface area contributed by atoms with E-state index in [0.29, 0.717) is 6.42 Å². The van der Waals surface area contributed by atoms with E-state index in [2.05, 4.69) is 31.2 Å². The molecule has 0 N–H and O–H groups in total. The van der Waals surface area contributed by atoms with Gasteiger partial charge in [0.2, 0.25) is 0 Å². The summed E-state index contributed by atoms with van der Waals surface area (Å²) in [5.74, 6) is 0. The van der Waals surface area contributed by atoms with Gasteiger partial charge in [-0.1, -0.05) is 37.6 Å². The molecule has 0 amide bonds. The average Bonchev–Trinajstić information content (AvgIpc) is 2.10. The van der Waals surface area contributed by atoms with E-state index in [4.69, 9.17) is 0 Å². The van der Waals surface area contributed by atoms with Crippen molar-refractivity contribution < 1.29 is 4.79 Å². The standard InChI is InChI=1S/C11H18O/c1-2-3-4-5-6-7-8-9-10-11-12/h4-5,7-8,11H,2-3,6,9-10H2,1H3. The third kappa shape index (κ3) is 9.15. The number of hydrogen-bond donors (Lipinski definition) is 0. The Kier molecular flexibility index (Phi) is 9.43. The van der Waals surface area contributed by atoms with Gasteiger partial charge >= 0.3 is 0 Å². The second kappa shape index (κ2) is 10.2. The van der Waals surface area contributed by atoms with Gasteiger partial charge < -0.3 is 4.79 Å². The van der Waals surface area contributed by atoms with Crippen LogP contribution in [0, 0.1) is 0 Å². The molecule has 1 heteroatoms. The van der Waals surface area contributed by atoms with Gasteiger partial charge in [-0.05, 0) is 19.3 Å². The lowest BCUT2D eigenvalue weighted by atomic mass is 10.2. The van der Waals surface area contributed by atoms with Gasteiger partial charge in [0.25, 0.3) is 0 Å². The molecule has 0 aromatic heterocycles. The summed E-state index contributed by atoms with van der Waals surface area (Å²) in [5, 5.41) is 0. The minimum absolute atomic E-state index is 0.648. The van der Waals surface area contributed by atoms with Crippen molar-refractivity contribution in [3.8, 4) is 0 Å². The molecule has 0 fully saturated rings. The Morgan fingerprint density at radius 1 is 0.917 bits per heavy atom. The second-order valence-corrected chi connectivity index (χ2v) is 2.71. The molecule has 0 spiro atoms. The zero-order valence-corrected chi connectivity index (χ0v) is 7.83. The maximum absolute atomic E-state index is 9.93. The smallest absolute Gasteiger partial charge is 0.120 e. The predicted octanol–water partition coefficient (Wildman–Crippen LogP) is 3.27. The SMILES string of the molecule is CCCC=CCC=CCCC=O. The van der Waals surface area contributed by atoms with Crippen LogP contribution in [0.15, 0.2) is 24.3 Å². The molecule has 0 saturated heterocycles. The van der Waals surface area contributed by atoms with E-state index < -0.39 is 0 Å². The topological polar surface area (TPSA) is 17.1 Å². The second-order valence-electron chi connectivity index (χ2n) is 2.71. The summed E-state index contributed by atoms with van der Waals surface area (Å²) in [7, 11) is 0. The molecule has 0 atom stereocenters. The Morgan fingerprint density at radius 3 is 2.17 bits per heavy atom. The molecular formula is C11H18O. The van der Waals surface area contributed by atoms with Crippen LogP contribution in [-0.2, 0) is 4.79 Å². The highest BCUT2D eigenvalue weighted by atomic mass is 16.1. The van der Waals surface area contributed by atoms with E-state index in [0.717, 1.165) is 19.1 Å². The predicted molar refractivity (Wildman–Crippen MR) is 53.1 cm³/mol. The highest BCUT2D eigenvalue weighted by Crippen LogP contribution is 1.94. The van der Waals surface area contributed by atoms with Crippen LogP contribution in [0.1, 0.15) is 39.0 Å². The summed E-state index contributed by atoms with van der Waals surface area (Å²) >= 11 is 0. The number of carbonyl (C=O) groups excluding carboxylic acids is 1. The van der Waals surface area contributed by atoms with Crippen LogP contribution in [0.25, 0.3) is 0 Å². The first kappa shape index (κ1) is 11.2. The molecule has 12 heavy (non-hydrogen) atoms. The van der Waals surface area contributed by atoms with Crippen LogP contribution in [0.3, 0.4) is 0 Å². The fourth-order valence-corrected chi connectivity index (χ4v) is 0.838. The van der Waals surface area contributed by atoms with Crippen molar-refractivity contribution in [2.45, 2.75) is 39.0 Å². The summed E-state index contributed by atoms with van der Waals surface area (Å²) in [6, 6.07) is 0. The Morgan fingerprint density at radius 2 is 1.58 bits per heavy atom. The molecule has 1 nitrogen and oxygen atoms in total. The first-order valence-corrected chi connectivity index (χ1v) is 4.65. The van der Waals surface area contributed by atoms with Gasteiger partial charge in [0.15, 0.2) is 0 Å². The van der Waals surface area contributed by atoms with E-state index in [1.807, 2.05) is 0 Å². The van der Waals surface area contributed by atoms with Gasteiger partial charge in [0.05, 0.1) is 0 Å². The fraction of sp³-hybridized carbons (Fsp3) is 0.545. The normalized spacial score (nSPS) is 11.4. The van der Waals surface area contributed by atoms with Gasteiger partial charge in [-0.25, -0.2) is 0 Å². The average molecular weight is 166 g/mol. The van der Waals surface area contributed by atoms with E-state index >= 15 is 0 Å². The third-order valence-electron chi connectivity index (χ3n) is 1.51. The highest BCUT2D eigenvalue weighted by molar-refractivity contribution is 5.49. The van der Waals surface area contributed by atoms with E-state index in [9.17, 15) is 4.79 Å². The maximum atomic E-state index is 9.93. The lowest BCUT2D eigenvalue weighted by Gasteiger charge is -1.84. The Balaban J connectivity index is 3.17. The van der Waals surface area contributed by atoms with Crippen LogP contribution < -0.4 is 0 Å². The molecule has 0 bridgehead atoms. The summed E-state index contributed by atoms with van der Waals surface area (Å²) in [4.78, 5) is 9.93. The zero-order chi connectivity index (χ0) is 9.07. The Labute approximate surface area is 75.2 Å². The monoisotopic (exact) mass is 166 g/mol. The largest absolute Gasteiger partial charge is 0.303 e. The number of rotatable bonds is 7. The molecule has 0 aliphatic heterocycles. The van der Waals surface area contributed by atoms with Crippen LogP contribution in [0.2, 0.25) is 0 Å². The summed E-state index contributed by atoms with van der Waals surface area (Å²) < 4.78 is 0. The number of unbranched alkanes of at least 4 members (excludes halogenated alkanes) is 2. The molecule has 0 radical (unpaired) electrons. The van der Waals surface area contributed by atoms with E-state index in [1.165, 1.54) is 12.8 Å². The minimum Gasteiger partial charge on any atom is -0.303 e. The van der Waals surface area contributed by atoms with Crippen molar-refractivity contribution >= 4 is 6.29 Å². The lowest BCUT2D eigenvalue weighted by molar-refractivity contribution is -0.107. The van der Waals surface area contributed by atoms with Crippen LogP contribution in [0.4, 0.5) is 0 Å². The van der Waals surface area contributed by atoms with Gasteiger partial charge in [-0.15, -0.1) is 0 Å². The molecule has 0 rings (SSSR count). The summed E-state index contributed by atoms with van der Waals surface area (Å²) in [5.41, 5.74) is 0. The zero-order valence-electron chi connectivity index (χ0n) is 7.83. The molecule has 0 aromatic carbocycles. The number of allylic oxidation sites excluding steroid dienone is 4. The van der Waals surface area contributed by atoms with Crippen LogP contribution in [0.5, 0.6) is 0 Å². The van der Waals surface area contributed by atoms with Crippen molar-refractivity contribution in [1.82, 2.24) is 0 Å². The number of hydrogen-bond acceptors (Lipinski definition) is 1. The minimum atomic E-state index is 0.648.